The summed E-state index contributed by atoms with van der Waals surface area (Å²) in [5.41, 5.74) is 2.30. The maximum atomic E-state index is 11.7. The molecular weight excluding hydrogens is 274 g/mol. The molecule has 0 atom stereocenters. The summed E-state index contributed by atoms with van der Waals surface area (Å²) in [5, 5.41) is 0.740. The molecule has 0 radical (unpaired) electrons. The molecule has 4 heteroatoms. The molecular formula is C16H22ClNO2. The van der Waals surface area contributed by atoms with Crippen LogP contribution in [-0.4, -0.2) is 31.0 Å². The second-order valence-electron chi connectivity index (χ2n) is 5.35. The van der Waals surface area contributed by atoms with E-state index in [0.717, 1.165) is 42.3 Å². The molecule has 0 N–H and O–H groups in total. The van der Waals surface area contributed by atoms with Crippen molar-refractivity contribution in [1.29, 1.82) is 0 Å². The van der Waals surface area contributed by atoms with Gasteiger partial charge in [-0.05, 0) is 42.9 Å². The van der Waals surface area contributed by atoms with E-state index in [4.69, 9.17) is 16.3 Å². The summed E-state index contributed by atoms with van der Waals surface area (Å²) in [7, 11) is 1.68. The Kier molecular flexibility index (Phi) is 4.92. The number of methoxy groups -OCH3 is 1. The lowest BCUT2D eigenvalue weighted by Gasteiger charge is -2.32. The number of rotatable bonds is 3. The van der Waals surface area contributed by atoms with Gasteiger partial charge in [0.05, 0.1) is 7.11 Å². The number of benzene rings is 1. The van der Waals surface area contributed by atoms with Crippen molar-refractivity contribution in [2.24, 2.45) is 0 Å². The van der Waals surface area contributed by atoms with E-state index >= 15 is 0 Å². The highest BCUT2D eigenvalue weighted by molar-refractivity contribution is 6.31. The zero-order valence-electron chi connectivity index (χ0n) is 12.4. The molecule has 1 aromatic carbocycles. The first-order valence-corrected chi connectivity index (χ1v) is 7.56. The average Bonchev–Trinajstić information content (AvgIpc) is 2.49. The van der Waals surface area contributed by atoms with E-state index in [0.29, 0.717) is 12.3 Å². The summed E-state index contributed by atoms with van der Waals surface area (Å²) in [4.78, 5) is 13.7. The van der Waals surface area contributed by atoms with E-state index in [1.807, 2.05) is 24.8 Å². The van der Waals surface area contributed by atoms with Gasteiger partial charge in [0.15, 0.2) is 0 Å². The fourth-order valence-electron chi connectivity index (χ4n) is 2.84. The second-order valence-corrected chi connectivity index (χ2v) is 5.76. The van der Waals surface area contributed by atoms with Crippen LogP contribution < -0.4 is 4.74 Å². The first-order valence-electron chi connectivity index (χ1n) is 7.18. The van der Waals surface area contributed by atoms with Crippen LogP contribution in [0.1, 0.15) is 43.2 Å². The summed E-state index contributed by atoms with van der Waals surface area (Å²) in [5.74, 6) is 1.56. The van der Waals surface area contributed by atoms with Crippen LogP contribution in [0, 0.1) is 6.92 Å². The molecule has 1 amide bonds. The monoisotopic (exact) mass is 295 g/mol. The van der Waals surface area contributed by atoms with Crippen LogP contribution in [0.5, 0.6) is 5.75 Å². The van der Waals surface area contributed by atoms with Gasteiger partial charge in [0.2, 0.25) is 5.91 Å². The Morgan fingerprint density at radius 1 is 1.40 bits per heavy atom. The van der Waals surface area contributed by atoms with Gasteiger partial charge in [0.25, 0.3) is 0 Å². The van der Waals surface area contributed by atoms with E-state index in [9.17, 15) is 4.79 Å². The Balaban J connectivity index is 2.14. The number of carbonyl (C=O) groups is 1. The Labute approximate surface area is 125 Å². The van der Waals surface area contributed by atoms with Gasteiger partial charge < -0.3 is 9.64 Å². The molecule has 0 aromatic heterocycles. The van der Waals surface area contributed by atoms with Crippen LogP contribution >= 0.6 is 11.6 Å². The van der Waals surface area contributed by atoms with Crippen molar-refractivity contribution in [3.05, 3.63) is 28.3 Å². The quantitative estimate of drug-likeness (QED) is 0.849. The summed E-state index contributed by atoms with van der Waals surface area (Å²) in [6.07, 6.45) is 2.57. The van der Waals surface area contributed by atoms with Crippen LogP contribution in [0.15, 0.2) is 12.1 Å². The van der Waals surface area contributed by atoms with Crippen LogP contribution in [0.4, 0.5) is 0 Å². The highest BCUT2D eigenvalue weighted by atomic mass is 35.5. The number of hydrogen-bond donors (Lipinski definition) is 0. The SMILES string of the molecule is CCC(=O)N1CCC(c2cc(C)c(Cl)cc2OC)CC1. The van der Waals surface area contributed by atoms with E-state index in [1.54, 1.807) is 7.11 Å². The molecule has 20 heavy (non-hydrogen) atoms. The molecule has 0 saturated carbocycles. The van der Waals surface area contributed by atoms with Gasteiger partial charge in [0.1, 0.15) is 5.75 Å². The molecule has 0 unspecified atom stereocenters. The molecule has 1 aliphatic heterocycles. The number of ether oxygens (including phenoxy) is 1. The van der Waals surface area contributed by atoms with Crippen LogP contribution in [0.25, 0.3) is 0 Å². The van der Waals surface area contributed by atoms with Crippen molar-refractivity contribution < 1.29 is 9.53 Å². The normalized spacial score (nSPS) is 16.3. The van der Waals surface area contributed by atoms with Gasteiger partial charge in [-0.25, -0.2) is 0 Å². The molecule has 1 aromatic rings. The average molecular weight is 296 g/mol. The number of aryl methyl sites for hydroxylation is 1. The Morgan fingerprint density at radius 2 is 2.05 bits per heavy atom. The van der Waals surface area contributed by atoms with Crippen molar-refractivity contribution in [3.63, 3.8) is 0 Å². The summed E-state index contributed by atoms with van der Waals surface area (Å²) < 4.78 is 5.46. The van der Waals surface area contributed by atoms with Crippen molar-refractivity contribution >= 4 is 17.5 Å². The Morgan fingerprint density at radius 3 is 2.60 bits per heavy atom. The highest BCUT2D eigenvalue weighted by Crippen LogP contribution is 2.37. The molecule has 3 nitrogen and oxygen atoms in total. The Hall–Kier alpha value is -1.22. The molecule has 110 valence electrons. The molecule has 1 saturated heterocycles. The molecule has 0 bridgehead atoms. The largest absolute Gasteiger partial charge is 0.496 e. The number of likely N-dealkylation sites (tertiary alicyclic amines) is 1. The van der Waals surface area contributed by atoms with Crippen LogP contribution in [-0.2, 0) is 4.79 Å². The third-order valence-electron chi connectivity index (χ3n) is 4.10. The van der Waals surface area contributed by atoms with Crippen molar-refractivity contribution in [2.45, 2.75) is 39.0 Å². The maximum Gasteiger partial charge on any atom is 0.222 e. The second kappa shape index (κ2) is 6.49. The fourth-order valence-corrected chi connectivity index (χ4v) is 3.00. The summed E-state index contributed by atoms with van der Waals surface area (Å²) in [6.45, 7) is 5.60. The predicted molar refractivity (Wildman–Crippen MR) is 81.6 cm³/mol. The number of amides is 1. The smallest absolute Gasteiger partial charge is 0.222 e. The van der Waals surface area contributed by atoms with Gasteiger partial charge in [-0.1, -0.05) is 24.6 Å². The summed E-state index contributed by atoms with van der Waals surface area (Å²) in [6, 6.07) is 4.03. The Bertz CT molecular complexity index is 493. The molecule has 1 fully saturated rings. The van der Waals surface area contributed by atoms with E-state index in [2.05, 4.69) is 6.07 Å². The van der Waals surface area contributed by atoms with E-state index in [1.165, 1.54) is 5.56 Å². The predicted octanol–water partition coefficient (Wildman–Crippen LogP) is 3.77. The molecule has 1 heterocycles. The lowest BCUT2D eigenvalue weighted by Crippen LogP contribution is -2.37. The number of piperidine rings is 1. The zero-order valence-corrected chi connectivity index (χ0v) is 13.2. The van der Waals surface area contributed by atoms with Gasteiger partial charge in [-0.3, -0.25) is 4.79 Å². The molecule has 0 aliphatic carbocycles. The summed E-state index contributed by atoms with van der Waals surface area (Å²) >= 11 is 6.15. The minimum Gasteiger partial charge on any atom is -0.496 e. The maximum absolute atomic E-state index is 11.7. The van der Waals surface area contributed by atoms with Crippen molar-refractivity contribution in [2.75, 3.05) is 20.2 Å². The van der Waals surface area contributed by atoms with Gasteiger partial charge >= 0.3 is 0 Å². The number of nitrogens with zero attached hydrogens (tertiary/aromatic N) is 1. The topological polar surface area (TPSA) is 29.5 Å². The van der Waals surface area contributed by atoms with Crippen LogP contribution in [0.3, 0.4) is 0 Å². The minimum atomic E-state index is 0.253. The first-order chi connectivity index (χ1) is 9.56. The third kappa shape index (κ3) is 3.09. The third-order valence-corrected chi connectivity index (χ3v) is 4.51. The van der Waals surface area contributed by atoms with E-state index in [-0.39, 0.29) is 5.91 Å². The molecule has 2 rings (SSSR count). The van der Waals surface area contributed by atoms with Crippen molar-refractivity contribution in [3.8, 4) is 5.75 Å². The van der Waals surface area contributed by atoms with E-state index < -0.39 is 0 Å². The number of carbonyl (C=O) groups excluding carboxylic acids is 1. The van der Waals surface area contributed by atoms with Gasteiger partial charge in [-0.2, -0.15) is 0 Å². The number of hydrogen-bond acceptors (Lipinski definition) is 2. The first kappa shape index (κ1) is 15.2. The fraction of sp³-hybridized carbons (Fsp3) is 0.562. The minimum absolute atomic E-state index is 0.253. The van der Waals surface area contributed by atoms with Gasteiger partial charge in [0, 0.05) is 24.5 Å². The standard InChI is InChI=1S/C16H22ClNO2/c1-4-16(19)18-7-5-12(6-8-18)13-9-11(2)14(17)10-15(13)20-3/h9-10,12H,4-8H2,1-3H3. The van der Waals surface area contributed by atoms with Crippen molar-refractivity contribution in [1.82, 2.24) is 4.90 Å². The lowest BCUT2D eigenvalue weighted by molar-refractivity contribution is -0.131. The highest BCUT2D eigenvalue weighted by Gasteiger charge is 2.25. The zero-order chi connectivity index (χ0) is 14.7. The van der Waals surface area contributed by atoms with Gasteiger partial charge in [-0.15, -0.1) is 0 Å². The molecule has 0 spiro atoms. The number of halogens is 1. The van der Waals surface area contributed by atoms with Crippen LogP contribution in [0.2, 0.25) is 5.02 Å². The molecule has 1 aliphatic rings. The lowest BCUT2D eigenvalue weighted by atomic mass is 9.88.